The quantitative estimate of drug-likeness (QED) is 0.543. The van der Waals surface area contributed by atoms with E-state index in [0.29, 0.717) is 10.1 Å². The fourth-order valence-electron chi connectivity index (χ4n) is 0.483. The maximum atomic E-state index is 10.2. The summed E-state index contributed by atoms with van der Waals surface area (Å²) in [5.74, 6) is 0.672. The van der Waals surface area contributed by atoms with Crippen LogP contribution in [0.5, 0.6) is 0 Å². The molecule has 9 heavy (non-hydrogen) atoms. The van der Waals surface area contributed by atoms with Crippen molar-refractivity contribution in [1.29, 1.82) is 0 Å². The molecule has 1 rings (SSSR count). The Morgan fingerprint density at radius 2 is 2.67 bits per heavy atom. The first-order valence-electron chi connectivity index (χ1n) is 2.24. The molecule has 0 aliphatic carbocycles. The average molecular weight is 162 g/mol. The molecule has 1 saturated heterocycles. The minimum Gasteiger partial charge on any atom is -0.465 e. The summed E-state index contributed by atoms with van der Waals surface area (Å²) in [5.41, 5.74) is 0. The molecule has 0 unspecified atom stereocenters. The molecule has 1 amide bonds. The van der Waals surface area contributed by atoms with Crippen LogP contribution in [0, 0.1) is 6.54 Å². The highest BCUT2D eigenvalue weighted by atomic mass is 32.2. The lowest BCUT2D eigenvalue weighted by Crippen LogP contribution is -2.25. The van der Waals surface area contributed by atoms with Gasteiger partial charge in [0.05, 0.1) is 6.54 Å². The summed E-state index contributed by atoms with van der Waals surface area (Å²) in [6.45, 7) is 1.55. The number of thiocarbonyl (C=S) groups is 1. The van der Waals surface area contributed by atoms with Gasteiger partial charge >= 0.3 is 6.09 Å². The van der Waals surface area contributed by atoms with Crippen molar-refractivity contribution in [3.63, 3.8) is 0 Å². The highest BCUT2D eigenvalue weighted by Crippen LogP contribution is 2.20. The molecule has 0 aromatic rings. The van der Waals surface area contributed by atoms with E-state index in [1.807, 2.05) is 0 Å². The standard InChI is InChI=1S/C4H4NO2S2/c6-3(7)5-1-2-9-4(5)8/h1H,2H2,(H,6,7). The molecule has 0 aromatic heterocycles. The molecule has 1 radical (unpaired) electrons. The highest BCUT2D eigenvalue weighted by molar-refractivity contribution is 8.23. The van der Waals surface area contributed by atoms with Crippen molar-refractivity contribution in [3.8, 4) is 0 Å². The summed E-state index contributed by atoms with van der Waals surface area (Å²) in [5, 5.41) is 8.38. The zero-order valence-electron chi connectivity index (χ0n) is 4.40. The molecular formula is C4H4NO2S2. The van der Waals surface area contributed by atoms with Gasteiger partial charge in [-0.3, -0.25) is 4.90 Å². The van der Waals surface area contributed by atoms with Crippen LogP contribution in [0.25, 0.3) is 0 Å². The van der Waals surface area contributed by atoms with Gasteiger partial charge in [-0.2, -0.15) is 0 Å². The molecule has 1 aliphatic heterocycles. The fourth-order valence-corrected chi connectivity index (χ4v) is 1.50. The molecule has 1 heterocycles. The van der Waals surface area contributed by atoms with E-state index in [1.54, 1.807) is 6.54 Å². The molecule has 0 atom stereocenters. The van der Waals surface area contributed by atoms with Gasteiger partial charge < -0.3 is 5.11 Å². The third-order valence-corrected chi connectivity index (χ3v) is 2.18. The van der Waals surface area contributed by atoms with E-state index in [1.165, 1.54) is 11.8 Å². The van der Waals surface area contributed by atoms with Gasteiger partial charge in [-0.05, 0) is 0 Å². The molecule has 0 saturated carbocycles. The molecule has 3 nitrogen and oxygen atoms in total. The van der Waals surface area contributed by atoms with Gasteiger partial charge in [-0.1, -0.05) is 24.0 Å². The first-order valence-corrected chi connectivity index (χ1v) is 3.63. The van der Waals surface area contributed by atoms with Crippen molar-refractivity contribution in [2.24, 2.45) is 0 Å². The number of nitrogens with zero attached hydrogens (tertiary/aromatic N) is 1. The van der Waals surface area contributed by atoms with Crippen LogP contribution in [-0.2, 0) is 0 Å². The zero-order valence-corrected chi connectivity index (χ0v) is 6.04. The van der Waals surface area contributed by atoms with Gasteiger partial charge in [-0.15, -0.1) is 0 Å². The van der Waals surface area contributed by atoms with Crippen molar-refractivity contribution in [3.05, 3.63) is 6.54 Å². The van der Waals surface area contributed by atoms with Gasteiger partial charge in [0.1, 0.15) is 4.32 Å². The van der Waals surface area contributed by atoms with Gasteiger partial charge in [0, 0.05) is 5.75 Å². The predicted molar refractivity (Wildman–Crippen MR) is 39.2 cm³/mol. The Morgan fingerprint density at radius 3 is 2.89 bits per heavy atom. The smallest absolute Gasteiger partial charge is 0.413 e. The van der Waals surface area contributed by atoms with Crippen molar-refractivity contribution in [2.75, 3.05) is 5.75 Å². The number of thioether (sulfide) groups is 1. The largest absolute Gasteiger partial charge is 0.465 e. The summed E-state index contributed by atoms with van der Waals surface area (Å²) >= 11 is 6.05. The van der Waals surface area contributed by atoms with Crippen LogP contribution in [0.2, 0.25) is 0 Å². The minimum absolute atomic E-state index is 0.419. The van der Waals surface area contributed by atoms with Crippen LogP contribution < -0.4 is 0 Å². The van der Waals surface area contributed by atoms with Crippen molar-refractivity contribution < 1.29 is 9.90 Å². The van der Waals surface area contributed by atoms with Crippen molar-refractivity contribution in [1.82, 2.24) is 4.90 Å². The topological polar surface area (TPSA) is 40.5 Å². The van der Waals surface area contributed by atoms with Crippen molar-refractivity contribution >= 4 is 34.4 Å². The van der Waals surface area contributed by atoms with E-state index in [9.17, 15) is 4.79 Å². The summed E-state index contributed by atoms with van der Waals surface area (Å²) in [7, 11) is 0. The number of carbonyl (C=O) groups is 1. The molecule has 1 N–H and O–H groups in total. The lowest BCUT2D eigenvalue weighted by Gasteiger charge is -2.06. The van der Waals surface area contributed by atoms with Crippen LogP contribution in [0.3, 0.4) is 0 Å². The highest BCUT2D eigenvalue weighted by Gasteiger charge is 2.23. The summed E-state index contributed by atoms with van der Waals surface area (Å²) in [6, 6.07) is 0. The Kier molecular flexibility index (Phi) is 1.92. The summed E-state index contributed by atoms with van der Waals surface area (Å²) in [6.07, 6.45) is -0.995. The van der Waals surface area contributed by atoms with Gasteiger partial charge in [0.2, 0.25) is 0 Å². The Bertz CT molecular complexity index is 159. The SMILES string of the molecule is O=C(O)N1[CH]CSC1=S. The maximum Gasteiger partial charge on any atom is 0.413 e. The van der Waals surface area contributed by atoms with E-state index in [4.69, 9.17) is 17.3 Å². The third-order valence-electron chi connectivity index (χ3n) is 0.867. The van der Waals surface area contributed by atoms with Gasteiger partial charge in [0.25, 0.3) is 0 Å². The molecule has 1 fully saturated rings. The molecule has 0 spiro atoms. The van der Waals surface area contributed by atoms with E-state index in [2.05, 4.69) is 0 Å². The maximum absolute atomic E-state index is 10.2. The van der Waals surface area contributed by atoms with Gasteiger partial charge in [-0.25, -0.2) is 4.79 Å². The predicted octanol–water partition coefficient (Wildman–Crippen LogP) is 1.16. The molecule has 0 aromatic carbocycles. The number of hydrogen-bond donors (Lipinski definition) is 1. The van der Waals surface area contributed by atoms with E-state index in [0.717, 1.165) is 4.90 Å². The molecule has 0 bridgehead atoms. The second-order valence-corrected chi connectivity index (χ2v) is 3.07. The normalized spacial score (nSPS) is 18.7. The number of amides is 1. The second kappa shape index (κ2) is 2.53. The van der Waals surface area contributed by atoms with E-state index >= 15 is 0 Å². The molecule has 1 aliphatic rings. The van der Waals surface area contributed by atoms with E-state index < -0.39 is 6.09 Å². The van der Waals surface area contributed by atoms with Crippen LogP contribution in [0.15, 0.2) is 0 Å². The Balaban J connectivity index is 2.60. The Morgan fingerprint density at radius 1 is 2.00 bits per heavy atom. The number of hydrogen-bond acceptors (Lipinski definition) is 3. The average Bonchev–Trinajstić information content (AvgIpc) is 2.13. The van der Waals surface area contributed by atoms with Crippen LogP contribution in [0.4, 0.5) is 4.79 Å². The minimum atomic E-state index is -0.995. The number of carboxylic acid groups (broad SMARTS) is 1. The first kappa shape index (κ1) is 6.82. The first-order chi connectivity index (χ1) is 4.22. The Hall–Kier alpha value is -0.290. The lowest BCUT2D eigenvalue weighted by molar-refractivity contribution is 0.178. The van der Waals surface area contributed by atoms with Crippen molar-refractivity contribution in [2.45, 2.75) is 0 Å². The molecule has 5 heteroatoms. The monoisotopic (exact) mass is 162 g/mol. The van der Waals surface area contributed by atoms with Crippen LogP contribution >= 0.6 is 24.0 Å². The summed E-state index contributed by atoms with van der Waals surface area (Å²) in [4.78, 5) is 11.3. The molecule has 49 valence electrons. The van der Waals surface area contributed by atoms with Crippen LogP contribution in [0.1, 0.15) is 0 Å². The fraction of sp³-hybridized carbons (Fsp3) is 0.250. The third kappa shape index (κ3) is 1.34. The Labute approximate surface area is 62.0 Å². The van der Waals surface area contributed by atoms with E-state index in [-0.39, 0.29) is 0 Å². The number of rotatable bonds is 0. The van der Waals surface area contributed by atoms with Crippen LogP contribution in [-0.4, -0.2) is 26.2 Å². The lowest BCUT2D eigenvalue weighted by atomic mass is 10.7. The second-order valence-electron chi connectivity index (χ2n) is 1.41. The summed E-state index contributed by atoms with van der Waals surface area (Å²) < 4.78 is 0.419. The van der Waals surface area contributed by atoms with Gasteiger partial charge in [0.15, 0.2) is 0 Å². The molecular weight excluding hydrogens is 158 g/mol. The zero-order chi connectivity index (χ0) is 6.85.